The molecular weight excluding hydrogens is 284 g/mol. The first-order valence-corrected chi connectivity index (χ1v) is 7.68. The van der Waals surface area contributed by atoms with Crippen molar-refractivity contribution in [1.29, 1.82) is 0 Å². The maximum Gasteiger partial charge on any atom is 0.255 e. The Morgan fingerprint density at radius 3 is 2.57 bits per heavy atom. The lowest BCUT2D eigenvalue weighted by Crippen LogP contribution is -2.15. The van der Waals surface area contributed by atoms with Gasteiger partial charge in [-0.15, -0.1) is 10.2 Å². The molecule has 0 spiro atoms. The largest absolute Gasteiger partial charge is 0.290 e. The van der Waals surface area contributed by atoms with Crippen LogP contribution in [0.15, 0.2) is 34.2 Å². The molecule has 0 aliphatic carbocycles. The van der Waals surface area contributed by atoms with Gasteiger partial charge in [0, 0.05) is 17.0 Å². The van der Waals surface area contributed by atoms with Crippen LogP contribution in [-0.4, -0.2) is 19.6 Å². The Morgan fingerprint density at radius 2 is 1.86 bits per heavy atom. The number of rotatable bonds is 3. The zero-order valence-electron chi connectivity index (χ0n) is 12.2. The van der Waals surface area contributed by atoms with Gasteiger partial charge in [-0.3, -0.25) is 14.2 Å². The summed E-state index contributed by atoms with van der Waals surface area (Å²) in [5.41, 5.74) is 3.95. The summed E-state index contributed by atoms with van der Waals surface area (Å²) in [6.45, 7) is 5.80. The zero-order valence-corrected chi connectivity index (χ0v) is 13.0. The highest BCUT2D eigenvalue weighted by atomic mass is 32.2. The number of thioether (sulfide) groups is 1. The van der Waals surface area contributed by atoms with E-state index in [1.54, 1.807) is 11.8 Å². The van der Waals surface area contributed by atoms with Crippen LogP contribution in [0.1, 0.15) is 22.4 Å². The van der Waals surface area contributed by atoms with E-state index in [0.717, 1.165) is 16.6 Å². The number of aromatic nitrogens is 4. The number of aromatic amines is 1. The highest BCUT2D eigenvalue weighted by Crippen LogP contribution is 2.22. The van der Waals surface area contributed by atoms with E-state index in [-0.39, 0.29) is 5.56 Å². The number of hydrogen-bond acceptors (Lipinski definition) is 4. The Labute approximate surface area is 126 Å². The van der Waals surface area contributed by atoms with Gasteiger partial charge < -0.3 is 0 Å². The van der Waals surface area contributed by atoms with Crippen molar-refractivity contribution in [2.45, 2.75) is 31.7 Å². The van der Waals surface area contributed by atoms with E-state index < -0.39 is 0 Å². The number of nitrogens with zero attached hydrogens (tertiary/aromatic N) is 3. The number of H-pyrrole nitrogens is 1. The molecule has 3 aromatic rings. The van der Waals surface area contributed by atoms with E-state index in [9.17, 15) is 4.79 Å². The summed E-state index contributed by atoms with van der Waals surface area (Å²) in [7, 11) is 0. The van der Waals surface area contributed by atoms with Crippen molar-refractivity contribution < 1.29 is 0 Å². The second-order valence-corrected chi connectivity index (χ2v) is 6.02. The number of hydrogen-bond donors (Lipinski definition) is 1. The third-order valence-electron chi connectivity index (χ3n) is 3.57. The number of aryl methyl sites for hydroxylation is 2. The summed E-state index contributed by atoms with van der Waals surface area (Å²) in [5, 5.41) is 9.02. The minimum atomic E-state index is -0.109. The molecule has 0 bridgehead atoms. The van der Waals surface area contributed by atoms with E-state index in [2.05, 4.69) is 46.4 Å². The fraction of sp³-hybridized carbons (Fsp3) is 0.267. The summed E-state index contributed by atoms with van der Waals surface area (Å²) in [6, 6.07) is 8.44. The van der Waals surface area contributed by atoms with Crippen molar-refractivity contribution in [2.75, 3.05) is 0 Å². The first-order chi connectivity index (χ1) is 10.1. The molecular formula is C15H16N4OS. The van der Waals surface area contributed by atoms with Gasteiger partial charge in [-0.05, 0) is 26.3 Å². The summed E-state index contributed by atoms with van der Waals surface area (Å²) >= 11 is 1.61. The second kappa shape index (κ2) is 5.37. The molecule has 5 nitrogen and oxygen atoms in total. The molecule has 0 fully saturated rings. The van der Waals surface area contributed by atoms with Gasteiger partial charge in [0.1, 0.15) is 0 Å². The van der Waals surface area contributed by atoms with Crippen molar-refractivity contribution in [3.8, 4) is 0 Å². The zero-order chi connectivity index (χ0) is 15.0. The van der Waals surface area contributed by atoms with Crippen LogP contribution < -0.4 is 5.56 Å². The second-order valence-electron chi connectivity index (χ2n) is 5.08. The molecule has 6 heteroatoms. The van der Waals surface area contributed by atoms with Crippen LogP contribution in [-0.2, 0) is 5.75 Å². The summed E-state index contributed by atoms with van der Waals surface area (Å²) in [4.78, 5) is 14.5. The monoisotopic (exact) mass is 300 g/mol. The van der Waals surface area contributed by atoms with Crippen LogP contribution in [0, 0.1) is 20.8 Å². The van der Waals surface area contributed by atoms with E-state index >= 15 is 0 Å². The summed E-state index contributed by atoms with van der Waals surface area (Å²) < 4.78 is 1.90. The average molecular weight is 300 g/mol. The molecule has 2 aromatic heterocycles. The molecule has 108 valence electrons. The smallest absolute Gasteiger partial charge is 0.255 e. The molecule has 0 saturated heterocycles. The lowest BCUT2D eigenvalue weighted by Gasteiger charge is -2.05. The predicted molar refractivity (Wildman–Crippen MR) is 83.8 cm³/mol. The van der Waals surface area contributed by atoms with Gasteiger partial charge in [0.15, 0.2) is 5.16 Å². The van der Waals surface area contributed by atoms with Gasteiger partial charge in [0.05, 0.1) is 0 Å². The lowest BCUT2D eigenvalue weighted by molar-refractivity contribution is 0.875. The standard InChI is InChI=1S/C15H16N4OS/c1-9-4-6-12(7-5-9)8-21-15-18-17-14-16-13(20)10(2)11(3)19(14)15/h4-7H,8H2,1-3H3,(H,16,17,20). The van der Waals surface area contributed by atoms with Gasteiger partial charge in [-0.1, -0.05) is 41.6 Å². The molecule has 0 aliphatic heterocycles. The van der Waals surface area contributed by atoms with Crippen molar-refractivity contribution in [2.24, 2.45) is 0 Å². The van der Waals surface area contributed by atoms with Crippen molar-refractivity contribution in [3.63, 3.8) is 0 Å². The highest BCUT2D eigenvalue weighted by Gasteiger charge is 2.12. The van der Waals surface area contributed by atoms with Crippen LogP contribution in [0.5, 0.6) is 0 Å². The third-order valence-corrected chi connectivity index (χ3v) is 4.57. The molecule has 1 aromatic carbocycles. The molecule has 0 unspecified atom stereocenters. The van der Waals surface area contributed by atoms with Crippen LogP contribution in [0.25, 0.3) is 5.78 Å². The number of fused-ring (bicyclic) bond motifs is 1. The Hall–Kier alpha value is -2.08. The maximum atomic E-state index is 11.7. The van der Waals surface area contributed by atoms with E-state index in [4.69, 9.17) is 0 Å². The van der Waals surface area contributed by atoms with Crippen molar-refractivity contribution in [3.05, 3.63) is 57.0 Å². The Balaban J connectivity index is 1.93. The Kier molecular flexibility index (Phi) is 3.55. The topological polar surface area (TPSA) is 63.0 Å². The molecule has 21 heavy (non-hydrogen) atoms. The van der Waals surface area contributed by atoms with Crippen LogP contribution in [0.4, 0.5) is 0 Å². The molecule has 1 N–H and O–H groups in total. The Morgan fingerprint density at radius 1 is 1.14 bits per heavy atom. The minimum Gasteiger partial charge on any atom is -0.290 e. The summed E-state index contributed by atoms with van der Waals surface area (Å²) in [5.74, 6) is 1.31. The van der Waals surface area contributed by atoms with E-state index in [1.807, 2.05) is 18.2 Å². The SMILES string of the molecule is Cc1ccc(CSc2nnc3[nH]c(=O)c(C)c(C)n23)cc1. The third kappa shape index (κ3) is 2.58. The molecule has 0 saturated carbocycles. The first-order valence-electron chi connectivity index (χ1n) is 6.69. The van der Waals surface area contributed by atoms with Crippen LogP contribution in [0.3, 0.4) is 0 Å². The van der Waals surface area contributed by atoms with Gasteiger partial charge in [-0.2, -0.15) is 0 Å². The molecule has 0 aliphatic rings. The van der Waals surface area contributed by atoms with Crippen LogP contribution >= 0.6 is 11.8 Å². The average Bonchev–Trinajstić information content (AvgIpc) is 2.87. The predicted octanol–water partition coefficient (Wildman–Crippen LogP) is 2.64. The maximum absolute atomic E-state index is 11.7. The highest BCUT2D eigenvalue weighted by molar-refractivity contribution is 7.98. The lowest BCUT2D eigenvalue weighted by atomic mass is 10.2. The fourth-order valence-corrected chi connectivity index (χ4v) is 3.05. The van der Waals surface area contributed by atoms with Gasteiger partial charge in [-0.25, -0.2) is 0 Å². The van der Waals surface area contributed by atoms with E-state index in [1.165, 1.54) is 11.1 Å². The molecule has 2 heterocycles. The minimum absolute atomic E-state index is 0.109. The van der Waals surface area contributed by atoms with Gasteiger partial charge in [0.25, 0.3) is 5.56 Å². The molecule has 0 radical (unpaired) electrons. The Bertz CT molecular complexity index is 848. The van der Waals surface area contributed by atoms with Crippen molar-refractivity contribution >= 4 is 17.5 Å². The van der Waals surface area contributed by atoms with Gasteiger partial charge in [0.2, 0.25) is 5.78 Å². The quantitative estimate of drug-likeness (QED) is 0.755. The fourth-order valence-electron chi connectivity index (χ4n) is 2.11. The van der Waals surface area contributed by atoms with Crippen LogP contribution in [0.2, 0.25) is 0 Å². The normalized spacial score (nSPS) is 11.2. The molecule has 3 rings (SSSR count). The number of benzene rings is 1. The van der Waals surface area contributed by atoms with E-state index in [0.29, 0.717) is 11.3 Å². The number of nitrogens with one attached hydrogen (secondary N) is 1. The van der Waals surface area contributed by atoms with Crippen molar-refractivity contribution in [1.82, 2.24) is 19.6 Å². The summed E-state index contributed by atoms with van der Waals surface area (Å²) in [6.07, 6.45) is 0. The molecule has 0 atom stereocenters. The molecule has 0 amide bonds. The van der Waals surface area contributed by atoms with Gasteiger partial charge >= 0.3 is 0 Å². The first kappa shape index (κ1) is 13.9.